The highest BCUT2D eigenvalue weighted by molar-refractivity contribution is 5.98. The number of methoxy groups -OCH3 is 2. The number of hydrogen-bond donors (Lipinski definition) is 0. The van der Waals surface area contributed by atoms with Gasteiger partial charge in [0, 0.05) is 11.1 Å². The second-order valence-electron chi connectivity index (χ2n) is 7.31. The zero-order chi connectivity index (χ0) is 23.3. The third kappa shape index (κ3) is 4.80. The molecule has 4 nitrogen and oxygen atoms in total. The molecule has 0 bridgehead atoms. The molecule has 0 aliphatic carbocycles. The van der Waals surface area contributed by atoms with Gasteiger partial charge in [-0.25, -0.2) is 8.78 Å². The monoisotopic (exact) mass is 438 g/mol. The Morgan fingerprint density at radius 2 is 1.59 bits per heavy atom. The summed E-state index contributed by atoms with van der Waals surface area (Å²) in [5.74, 6) is -0.205. The summed E-state index contributed by atoms with van der Waals surface area (Å²) in [4.78, 5) is 12.1. The molecule has 0 aliphatic heterocycles. The SMILES string of the molecule is COc1cc(-c2ccc(F)cc2)c(OC)c(C=O)c1-c1ccc(OCC=C(C)C)c(F)c1. The van der Waals surface area contributed by atoms with Gasteiger partial charge in [0.05, 0.1) is 19.8 Å². The summed E-state index contributed by atoms with van der Waals surface area (Å²) in [6.07, 6.45) is 2.49. The average molecular weight is 438 g/mol. The summed E-state index contributed by atoms with van der Waals surface area (Å²) < 4.78 is 44.7. The van der Waals surface area contributed by atoms with Crippen LogP contribution in [-0.4, -0.2) is 27.1 Å². The lowest BCUT2D eigenvalue weighted by Gasteiger charge is -2.19. The van der Waals surface area contributed by atoms with E-state index in [0.29, 0.717) is 34.3 Å². The number of carbonyl (C=O) groups excluding carboxylic acids is 1. The molecule has 0 amide bonds. The maximum absolute atomic E-state index is 14.8. The lowest BCUT2D eigenvalue weighted by atomic mass is 9.92. The number of halogens is 2. The number of hydrogen-bond acceptors (Lipinski definition) is 4. The minimum absolute atomic E-state index is 0.104. The molecule has 0 unspecified atom stereocenters. The smallest absolute Gasteiger partial charge is 0.165 e. The summed E-state index contributed by atoms with van der Waals surface area (Å²) in [6, 6.07) is 11.9. The highest BCUT2D eigenvalue weighted by Gasteiger charge is 2.22. The fraction of sp³-hybridized carbons (Fsp3) is 0.192. The van der Waals surface area contributed by atoms with Gasteiger partial charge in [-0.3, -0.25) is 4.79 Å². The van der Waals surface area contributed by atoms with Crippen molar-refractivity contribution in [3.8, 4) is 39.5 Å². The van der Waals surface area contributed by atoms with Crippen molar-refractivity contribution in [2.45, 2.75) is 13.8 Å². The molecule has 0 aliphatic rings. The van der Waals surface area contributed by atoms with Crippen LogP contribution in [0.5, 0.6) is 17.2 Å². The first-order chi connectivity index (χ1) is 15.4. The van der Waals surface area contributed by atoms with E-state index in [4.69, 9.17) is 14.2 Å². The first kappa shape index (κ1) is 23.0. The van der Waals surface area contributed by atoms with Crippen LogP contribution in [0.15, 0.2) is 60.2 Å². The van der Waals surface area contributed by atoms with E-state index in [-0.39, 0.29) is 29.5 Å². The minimum atomic E-state index is -0.565. The summed E-state index contributed by atoms with van der Waals surface area (Å²) in [7, 11) is 2.90. The predicted molar refractivity (Wildman–Crippen MR) is 121 cm³/mol. The predicted octanol–water partition coefficient (Wildman–Crippen LogP) is 6.47. The number of allylic oxidation sites excluding steroid dienone is 1. The molecule has 3 aromatic rings. The third-order valence-electron chi connectivity index (χ3n) is 4.93. The second-order valence-corrected chi connectivity index (χ2v) is 7.31. The minimum Gasteiger partial charge on any atom is -0.496 e. The van der Waals surface area contributed by atoms with Crippen LogP contribution in [0.3, 0.4) is 0 Å². The van der Waals surface area contributed by atoms with Crippen LogP contribution in [0, 0.1) is 11.6 Å². The molecular weight excluding hydrogens is 414 g/mol. The van der Waals surface area contributed by atoms with E-state index in [1.54, 1.807) is 24.3 Å². The van der Waals surface area contributed by atoms with Gasteiger partial charge in [-0.1, -0.05) is 23.8 Å². The number of aldehydes is 1. The van der Waals surface area contributed by atoms with E-state index in [1.807, 2.05) is 19.9 Å². The molecule has 0 spiro atoms. The molecule has 166 valence electrons. The van der Waals surface area contributed by atoms with Crippen molar-refractivity contribution in [3.63, 3.8) is 0 Å². The molecule has 0 radical (unpaired) electrons. The topological polar surface area (TPSA) is 44.8 Å². The van der Waals surface area contributed by atoms with Gasteiger partial charge in [0.1, 0.15) is 23.9 Å². The first-order valence-corrected chi connectivity index (χ1v) is 9.95. The van der Waals surface area contributed by atoms with Crippen LogP contribution in [0.2, 0.25) is 0 Å². The van der Waals surface area contributed by atoms with Crippen molar-refractivity contribution in [3.05, 3.63) is 77.4 Å². The van der Waals surface area contributed by atoms with Gasteiger partial charge in [0.25, 0.3) is 0 Å². The normalized spacial score (nSPS) is 10.4. The zero-order valence-corrected chi connectivity index (χ0v) is 18.4. The van der Waals surface area contributed by atoms with Gasteiger partial charge >= 0.3 is 0 Å². The van der Waals surface area contributed by atoms with Crippen LogP contribution in [0.25, 0.3) is 22.3 Å². The molecule has 0 saturated heterocycles. The maximum atomic E-state index is 14.8. The van der Waals surface area contributed by atoms with Crippen LogP contribution >= 0.6 is 0 Å². The largest absolute Gasteiger partial charge is 0.496 e. The van der Waals surface area contributed by atoms with E-state index in [1.165, 1.54) is 38.5 Å². The fourth-order valence-corrected chi connectivity index (χ4v) is 3.37. The number of rotatable bonds is 8. The summed E-state index contributed by atoms with van der Waals surface area (Å²) in [6.45, 7) is 4.11. The molecule has 3 aromatic carbocycles. The van der Waals surface area contributed by atoms with Crippen LogP contribution in [-0.2, 0) is 0 Å². The fourth-order valence-electron chi connectivity index (χ4n) is 3.37. The Bertz CT molecular complexity index is 1150. The van der Waals surface area contributed by atoms with E-state index in [9.17, 15) is 13.6 Å². The Morgan fingerprint density at radius 3 is 2.16 bits per heavy atom. The van der Waals surface area contributed by atoms with Crippen LogP contribution < -0.4 is 14.2 Å². The van der Waals surface area contributed by atoms with E-state index in [2.05, 4.69) is 0 Å². The maximum Gasteiger partial charge on any atom is 0.165 e. The standard InChI is InChI=1S/C26H24F2O4/c1-16(2)11-12-32-23-10-7-18(13-22(23)28)25-21(15-29)26(31-4)20(14-24(25)30-3)17-5-8-19(27)9-6-17/h5-11,13-15H,12H2,1-4H3. The number of carbonyl (C=O) groups is 1. The zero-order valence-electron chi connectivity index (χ0n) is 18.4. The van der Waals surface area contributed by atoms with Crippen molar-refractivity contribution in [2.24, 2.45) is 0 Å². The molecule has 0 heterocycles. The molecular formula is C26H24F2O4. The Hall–Kier alpha value is -3.67. The Morgan fingerprint density at radius 1 is 0.906 bits per heavy atom. The van der Waals surface area contributed by atoms with Gasteiger partial charge in [-0.05, 0) is 61.4 Å². The van der Waals surface area contributed by atoms with Gasteiger partial charge in [-0.15, -0.1) is 0 Å². The summed E-state index contributed by atoms with van der Waals surface area (Å²) in [5, 5.41) is 0. The average Bonchev–Trinajstić information content (AvgIpc) is 2.78. The highest BCUT2D eigenvalue weighted by atomic mass is 19.1. The quantitative estimate of drug-likeness (QED) is 0.299. The van der Waals surface area contributed by atoms with Crippen LogP contribution in [0.1, 0.15) is 24.2 Å². The van der Waals surface area contributed by atoms with Crippen LogP contribution in [0.4, 0.5) is 8.78 Å². The Kier molecular flexibility index (Phi) is 7.25. The lowest BCUT2D eigenvalue weighted by molar-refractivity contribution is 0.112. The van der Waals surface area contributed by atoms with Gasteiger partial charge < -0.3 is 14.2 Å². The molecule has 0 fully saturated rings. The molecule has 0 aromatic heterocycles. The van der Waals surface area contributed by atoms with E-state index in [0.717, 1.165) is 5.57 Å². The number of ether oxygens (including phenoxy) is 3. The van der Waals surface area contributed by atoms with Crippen molar-refractivity contribution >= 4 is 6.29 Å². The second kappa shape index (κ2) is 10.1. The molecule has 3 rings (SSSR count). The molecule has 0 saturated carbocycles. The van der Waals surface area contributed by atoms with Crippen molar-refractivity contribution in [2.75, 3.05) is 20.8 Å². The molecule has 32 heavy (non-hydrogen) atoms. The Labute approximate surface area is 186 Å². The van der Waals surface area contributed by atoms with Crippen molar-refractivity contribution in [1.82, 2.24) is 0 Å². The van der Waals surface area contributed by atoms with E-state index < -0.39 is 5.82 Å². The van der Waals surface area contributed by atoms with Crippen molar-refractivity contribution in [1.29, 1.82) is 0 Å². The van der Waals surface area contributed by atoms with Gasteiger partial charge in [-0.2, -0.15) is 0 Å². The van der Waals surface area contributed by atoms with Gasteiger partial charge in [0.2, 0.25) is 0 Å². The molecule has 0 atom stereocenters. The van der Waals surface area contributed by atoms with Crippen molar-refractivity contribution < 1.29 is 27.8 Å². The summed E-state index contributed by atoms with van der Waals surface area (Å²) in [5.41, 5.74) is 3.28. The molecule has 6 heteroatoms. The first-order valence-electron chi connectivity index (χ1n) is 9.95. The third-order valence-corrected chi connectivity index (χ3v) is 4.93. The van der Waals surface area contributed by atoms with Gasteiger partial charge in [0.15, 0.2) is 17.9 Å². The lowest BCUT2D eigenvalue weighted by Crippen LogP contribution is -2.02. The van der Waals surface area contributed by atoms with E-state index >= 15 is 0 Å². The number of benzene rings is 3. The summed E-state index contributed by atoms with van der Waals surface area (Å²) >= 11 is 0. The molecule has 0 N–H and O–H groups in total. The highest BCUT2D eigenvalue weighted by Crippen LogP contribution is 2.44. The Balaban J connectivity index is 2.14.